The van der Waals surface area contributed by atoms with Crippen molar-refractivity contribution in [2.24, 2.45) is 0 Å². The van der Waals surface area contributed by atoms with Gasteiger partial charge in [-0.2, -0.15) is 0 Å². The van der Waals surface area contributed by atoms with Gasteiger partial charge in [0.25, 0.3) is 5.82 Å². The lowest BCUT2D eigenvalue weighted by atomic mass is 10.5. The molecule has 20 heavy (non-hydrogen) atoms. The zero-order chi connectivity index (χ0) is 15.4. The number of nitrogens with zero attached hydrogens (tertiary/aromatic N) is 2. The Morgan fingerprint density at radius 1 is 1.00 bits per heavy atom. The number of rotatable bonds is 4. The SMILES string of the molecule is CC(=O)O[C@@H]1NC(=C([N+](=O)[O-])[N+](=O)[O-])N[C@H]1OC(C)=O. The summed E-state index contributed by atoms with van der Waals surface area (Å²) in [5.41, 5.74) is 0. The predicted octanol–water partition coefficient (Wildman–Crippen LogP) is -1.36. The van der Waals surface area contributed by atoms with E-state index in [0.717, 1.165) is 13.8 Å². The summed E-state index contributed by atoms with van der Waals surface area (Å²) in [7, 11) is 0. The summed E-state index contributed by atoms with van der Waals surface area (Å²) in [6.45, 7) is 2.10. The van der Waals surface area contributed by atoms with E-state index in [2.05, 4.69) is 10.6 Å². The lowest BCUT2D eigenvalue weighted by Gasteiger charge is -2.17. The van der Waals surface area contributed by atoms with E-state index in [1.54, 1.807) is 0 Å². The molecular weight excluding hydrogens is 280 g/mol. The topological polar surface area (TPSA) is 163 Å². The molecule has 0 saturated carbocycles. The molecule has 2 atom stereocenters. The van der Waals surface area contributed by atoms with Gasteiger partial charge in [0.05, 0.1) is 0 Å². The van der Waals surface area contributed by atoms with Gasteiger partial charge in [-0.25, -0.2) is 0 Å². The third-order valence-corrected chi connectivity index (χ3v) is 2.00. The zero-order valence-electron chi connectivity index (χ0n) is 10.3. The number of nitrogens with one attached hydrogen (secondary N) is 2. The summed E-state index contributed by atoms with van der Waals surface area (Å²) >= 11 is 0. The van der Waals surface area contributed by atoms with Crippen LogP contribution in [0.3, 0.4) is 0 Å². The smallest absolute Gasteiger partial charge is 0.436 e. The Morgan fingerprint density at radius 2 is 1.35 bits per heavy atom. The van der Waals surface area contributed by atoms with E-state index in [4.69, 9.17) is 9.47 Å². The molecule has 0 aromatic rings. The second-order valence-electron chi connectivity index (χ2n) is 3.56. The van der Waals surface area contributed by atoms with Crippen molar-refractivity contribution in [3.63, 3.8) is 0 Å². The Balaban J connectivity index is 3.07. The average Bonchev–Trinajstić information content (AvgIpc) is 2.57. The van der Waals surface area contributed by atoms with Crippen LogP contribution in [-0.4, -0.2) is 34.2 Å². The summed E-state index contributed by atoms with van der Waals surface area (Å²) in [5.74, 6) is -3.56. The first kappa shape index (κ1) is 15.1. The summed E-state index contributed by atoms with van der Waals surface area (Å²) in [6, 6.07) is 0. The third kappa shape index (κ3) is 3.54. The largest absolute Gasteiger partial charge is 0.599 e. The summed E-state index contributed by atoms with van der Waals surface area (Å²) < 4.78 is 9.39. The van der Waals surface area contributed by atoms with Crippen LogP contribution < -0.4 is 10.6 Å². The summed E-state index contributed by atoms with van der Waals surface area (Å²) in [4.78, 5) is 40.4. The van der Waals surface area contributed by atoms with Gasteiger partial charge in [-0.3, -0.25) is 29.8 Å². The van der Waals surface area contributed by atoms with E-state index >= 15 is 0 Å². The van der Waals surface area contributed by atoms with Gasteiger partial charge in [-0.1, -0.05) is 0 Å². The van der Waals surface area contributed by atoms with Crippen LogP contribution in [0.15, 0.2) is 11.6 Å². The Labute approximate surface area is 111 Å². The van der Waals surface area contributed by atoms with Crippen molar-refractivity contribution in [3.05, 3.63) is 31.9 Å². The van der Waals surface area contributed by atoms with Crippen molar-refractivity contribution in [2.75, 3.05) is 0 Å². The van der Waals surface area contributed by atoms with Crippen LogP contribution in [-0.2, 0) is 19.1 Å². The average molecular weight is 290 g/mol. The van der Waals surface area contributed by atoms with Crippen LogP contribution in [0.25, 0.3) is 0 Å². The molecule has 110 valence electrons. The fourth-order valence-corrected chi connectivity index (χ4v) is 1.40. The molecule has 1 aliphatic heterocycles. The molecule has 0 amide bonds. The maximum absolute atomic E-state index is 10.9. The maximum Gasteiger partial charge on any atom is 0.599 e. The highest BCUT2D eigenvalue weighted by Crippen LogP contribution is 2.14. The predicted molar refractivity (Wildman–Crippen MR) is 58.4 cm³/mol. The zero-order valence-corrected chi connectivity index (χ0v) is 10.3. The quantitative estimate of drug-likeness (QED) is 0.359. The highest BCUT2D eigenvalue weighted by atomic mass is 16.7. The van der Waals surface area contributed by atoms with E-state index in [1.807, 2.05) is 0 Å². The molecule has 12 nitrogen and oxygen atoms in total. The van der Waals surface area contributed by atoms with Gasteiger partial charge in [0.1, 0.15) is 9.85 Å². The minimum absolute atomic E-state index is 0.627. The maximum atomic E-state index is 10.9. The number of carbonyl (C=O) groups excluding carboxylic acids is 2. The van der Waals surface area contributed by atoms with Crippen molar-refractivity contribution < 1.29 is 28.9 Å². The number of nitro groups is 2. The van der Waals surface area contributed by atoms with E-state index in [-0.39, 0.29) is 0 Å². The number of hydrogen-bond donors (Lipinski definition) is 2. The van der Waals surface area contributed by atoms with Gasteiger partial charge in [0.2, 0.25) is 12.5 Å². The summed E-state index contributed by atoms with van der Waals surface area (Å²) in [6.07, 6.45) is -2.64. The second kappa shape index (κ2) is 5.81. The first-order chi connectivity index (χ1) is 9.22. The minimum atomic E-state index is -1.39. The Kier molecular flexibility index (Phi) is 4.40. The summed E-state index contributed by atoms with van der Waals surface area (Å²) in [5, 5.41) is 25.6. The van der Waals surface area contributed by atoms with Gasteiger partial charge in [0.15, 0.2) is 0 Å². The molecule has 2 N–H and O–H groups in total. The van der Waals surface area contributed by atoms with Crippen molar-refractivity contribution in [1.82, 2.24) is 10.6 Å². The normalized spacial score (nSPS) is 20.4. The molecular formula is C8H10N4O8. The lowest BCUT2D eigenvalue weighted by Crippen LogP contribution is -2.40. The minimum Gasteiger partial charge on any atom is -0.436 e. The first-order valence-corrected chi connectivity index (χ1v) is 5.13. The van der Waals surface area contributed by atoms with Crippen LogP contribution >= 0.6 is 0 Å². The Bertz CT molecular complexity index is 459. The number of hydrogen-bond acceptors (Lipinski definition) is 10. The fourth-order valence-electron chi connectivity index (χ4n) is 1.40. The molecule has 1 rings (SSSR count). The molecule has 1 aliphatic rings. The lowest BCUT2D eigenvalue weighted by molar-refractivity contribution is -0.618. The molecule has 0 aliphatic carbocycles. The third-order valence-electron chi connectivity index (χ3n) is 2.00. The monoisotopic (exact) mass is 290 g/mol. The molecule has 0 spiro atoms. The van der Waals surface area contributed by atoms with Crippen molar-refractivity contribution in [1.29, 1.82) is 0 Å². The van der Waals surface area contributed by atoms with Gasteiger partial charge >= 0.3 is 17.8 Å². The van der Waals surface area contributed by atoms with Crippen LogP contribution in [0.2, 0.25) is 0 Å². The highest BCUT2D eigenvalue weighted by Gasteiger charge is 2.44. The van der Waals surface area contributed by atoms with Crippen molar-refractivity contribution >= 4 is 11.9 Å². The molecule has 0 bridgehead atoms. The van der Waals surface area contributed by atoms with Gasteiger partial charge < -0.3 is 20.1 Å². The van der Waals surface area contributed by atoms with E-state index in [9.17, 15) is 29.8 Å². The molecule has 1 fully saturated rings. The van der Waals surface area contributed by atoms with Crippen molar-refractivity contribution in [3.8, 4) is 0 Å². The molecule has 0 radical (unpaired) electrons. The molecule has 12 heteroatoms. The molecule has 1 heterocycles. The van der Waals surface area contributed by atoms with Crippen LogP contribution in [0.1, 0.15) is 13.8 Å². The number of carbonyl (C=O) groups is 2. The molecule has 0 unspecified atom stereocenters. The van der Waals surface area contributed by atoms with E-state index in [1.165, 1.54) is 0 Å². The molecule has 0 aromatic carbocycles. The fraction of sp³-hybridized carbons (Fsp3) is 0.500. The van der Waals surface area contributed by atoms with Gasteiger partial charge in [-0.15, -0.1) is 0 Å². The van der Waals surface area contributed by atoms with E-state index in [0.29, 0.717) is 0 Å². The highest BCUT2D eigenvalue weighted by molar-refractivity contribution is 5.67. The Morgan fingerprint density at radius 3 is 1.60 bits per heavy atom. The van der Waals surface area contributed by atoms with Crippen LogP contribution in [0.5, 0.6) is 0 Å². The second-order valence-corrected chi connectivity index (χ2v) is 3.56. The first-order valence-electron chi connectivity index (χ1n) is 5.13. The van der Waals surface area contributed by atoms with Crippen molar-refractivity contribution in [2.45, 2.75) is 26.3 Å². The standard InChI is InChI=1S/C8H10N4O8/c1-3(13)19-6-7(20-4(2)14)10-5(9-6)8(11(15)16)12(17)18/h6-7,9-10H,1-2H3/t6-,7-/m0/s1. The molecule has 1 saturated heterocycles. The number of ether oxygens (including phenoxy) is 2. The number of esters is 2. The van der Waals surface area contributed by atoms with Gasteiger partial charge in [-0.05, 0) is 0 Å². The van der Waals surface area contributed by atoms with Gasteiger partial charge in [0, 0.05) is 13.8 Å². The molecule has 0 aromatic heterocycles. The Hall–Kier alpha value is -2.92. The van der Waals surface area contributed by atoms with Crippen LogP contribution in [0, 0.1) is 20.2 Å². The van der Waals surface area contributed by atoms with E-state index < -0.39 is 45.9 Å². The van der Waals surface area contributed by atoms with Crippen LogP contribution in [0.4, 0.5) is 0 Å².